The lowest BCUT2D eigenvalue weighted by Gasteiger charge is -2.16. The normalized spacial score (nSPS) is 26.4. The zero-order valence-electron chi connectivity index (χ0n) is 13.5. The number of amides is 3. The van der Waals surface area contributed by atoms with Gasteiger partial charge in [0.05, 0.1) is 12.1 Å². The van der Waals surface area contributed by atoms with E-state index in [0.29, 0.717) is 17.7 Å². The first kappa shape index (κ1) is 17.4. The first-order valence-corrected chi connectivity index (χ1v) is 9.71. The van der Waals surface area contributed by atoms with Gasteiger partial charge in [-0.25, -0.2) is 4.79 Å². The van der Waals surface area contributed by atoms with Crippen LogP contribution >= 0.6 is 11.8 Å². The molecule has 3 amide bonds. The van der Waals surface area contributed by atoms with Gasteiger partial charge in [-0.15, -0.1) is 0 Å². The van der Waals surface area contributed by atoms with Gasteiger partial charge in [-0.3, -0.25) is 4.79 Å². The van der Waals surface area contributed by atoms with Crippen LogP contribution in [-0.2, 0) is 4.79 Å². The lowest BCUT2D eigenvalue weighted by atomic mass is 10.0. The van der Waals surface area contributed by atoms with Gasteiger partial charge >= 0.3 is 6.03 Å². The number of hydrogen-bond acceptors (Lipinski definition) is 3. The highest BCUT2D eigenvalue weighted by molar-refractivity contribution is 8.00. The summed E-state index contributed by atoms with van der Waals surface area (Å²) < 4.78 is 0. The van der Waals surface area contributed by atoms with E-state index in [1.54, 1.807) is 0 Å². The summed E-state index contributed by atoms with van der Waals surface area (Å²) in [7, 11) is 0. The van der Waals surface area contributed by atoms with Crippen LogP contribution in [0.1, 0.15) is 58.3 Å². The van der Waals surface area contributed by atoms with Crippen molar-refractivity contribution in [3.63, 3.8) is 0 Å². The Hall–Kier alpha value is -0.910. The Kier molecular flexibility index (Phi) is 7.36. The third-order valence-electron chi connectivity index (χ3n) is 4.43. The van der Waals surface area contributed by atoms with E-state index in [9.17, 15) is 9.59 Å². The predicted molar refractivity (Wildman–Crippen MR) is 91.1 cm³/mol. The van der Waals surface area contributed by atoms with E-state index >= 15 is 0 Å². The van der Waals surface area contributed by atoms with Gasteiger partial charge in [0, 0.05) is 24.0 Å². The van der Waals surface area contributed by atoms with Crippen molar-refractivity contribution < 1.29 is 9.59 Å². The van der Waals surface area contributed by atoms with Crippen molar-refractivity contribution in [2.75, 3.05) is 12.3 Å². The smallest absolute Gasteiger partial charge is 0.315 e. The number of thioether (sulfide) groups is 1. The van der Waals surface area contributed by atoms with E-state index < -0.39 is 0 Å². The second-order valence-corrected chi connectivity index (χ2v) is 7.55. The molecule has 0 aromatic heterocycles. The quantitative estimate of drug-likeness (QED) is 0.426. The topological polar surface area (TPSA) is 70.2 Å². The van der Waals surface area contributed by atoms with Gasteiger partial charge in [0.2, 0.25) is 5.91 Å². The fraction of sp³-hybridized carbons (Fsp3) is 0.875. The molecule has 0 saturated carbocycles. The van der Waals surface area contributed by atoms with Crippen molar-refractivity contribution in [3.05, 3.63) is 0 Å². The molecule has 2 rings (SSSR count). The summed E-state index contributed by atoms with van der Waals surface area (Å²) in [5.74, 6) is 1.19. The SMILES string of the molecule is CCCCCCNC(=O)CCCCC1SC[C@H]2NC(=O)N[C@@H]12. The molecule has 2 saturated heterocycles. The highest BCUT2D eigenvalue weighted by Gasteiger charge is 2.42. The summed E-state index contributed by atoms with van der Waals surface area (Å²) in [5, 5.41) is 9.47. The average molecular weight is 327 g/mol. The molecular weight excluding hydrogens is 298 g/mol. The van der Waals surface area contributed by atoms with E-state index in [1.807, 2.05) is 11.8 Å². The summed E-state index contributed by atoms with van der Waals surface area (Å²) in [6, 6.07) is 0.557. The molecule has 126 valence electrons. The molecule has 0 bridgehead atoms. The zero-order chi connectivity index (χ0) is 15.8. The van der Waals surface area contributed by atoms with E-state index in [2.05, 4.69) is 22.9 Å². The molecule has 0 aromatic carbocycles. The van der Waals surface area contributed by atoms with Gasteiger partial charge in [-0.2, -0.15) is 11.8 Å². The van der Waals surface area contributed by atoms with Crippen LogP contribution in [0.4, 0.5) is 4.79 Å². The first-order chi connectivity index (χ1) is 10.7. The number of nitrogens with one attached hydrogen (secondary N) is 3. The summed E-state index contributed by atoms with van der Waals surface area (Å²) >= 11 is 1.94. The van der Waals surface area contributed by atoms with Crippen LogP contribution in [0.2, 0.25) is 0 Å². The van der Waals surface area contributed by atoms with E-state index in [0.717, 1.165) is 38.0 Å². The Balaban J connectivity index is 1.49. The summed E-state index contributed by atoms with van der Waals surface area (Å²) in [6.45, 7) is 3.01. The molecule has 0 aromatic rings. The minimum atomic E-state index is -0.0252. The molecule has 1 unspecified atom stereocenters. The van der Waals surface area contributed by atoms with Gasteiger partial charge in [0.25, 0.3) is 0 Å². The van der Waals surface area contributed by atoms with Crippen LogP contribution in [0.3, 0.4) is 0 Å². The number of carbonyl (C=O) groups is 2. The molecule has 3 atom stereocenters. The number of carbonyl (C=O) groups excluding carboxylic acids is 2. The van der Waals surface area contributed by atoms with Crippen LogP contribution in [0, 0.1) is 0 Å². The second kappa shape index (κ2) is 9.28. The minimum Gasteiger partial charge on any atom is -0.356 e. The maximum atomic E-state index is 11.7. The number of fused-ring (bicyclic) bond motifs is 1. The van der Waals surface area contributed by atoms with Crippen molar-refractivity contribution in [2.24, 2.45) is 0 Å². The van der Waals surface area contributed by atoms with E-state index in [1.165, 1.54) is 19.3 Å². The minimum absolute atomic E-state index is 0.0252. The molecule has 0 aliphatic carbocycles. The van der Waals surface area contributed by atoms with Gasteiger partial charge in [0.1, 0.15) is 0 Å². The molecular formula is C16H29N3O2S. The number of unbranched alkanes of at least 4 members (excludes halogenated alkanes) is 4. The van der Waals surface area contributed by atoms with Crippen LogP contribution < -0.4 is 16.0 Å². The van der Waals surface area contributed by atoms with Gasteiger partial charge in [-0.1, -0.05) is 32.6 Å². The number of rotatable bonds is 10. The first-order valence-electron chi connectivity index (χ1n) is 8.66. The Morgan fingerprint density at radius 3 is 2.91 bits per heavy atom. The second-order valence-electron chi connectivity index (χ2n) is 6.28. The van der Waals surface area contributed by atoms with Crippen molar-refractivity contribution in [2.45, 2.75) is 75.6 Å². The number of urea groups is 1. The molecule has 0 radical (unpaired) electrons. The molecule has 6 heteroatoms. The monoisotopic (exact) mass is 327 g/mol. The number of hydrogen-bond donors (Lipinski definition) is 3. The summed E-state index contributed by atoms with van der Waals surface area (Å²) in [6.07, 6.45) is 8.48. The fourth-order valence-corrected chi connectivity index (χ4v) is 4.69. The Morgan fingerprint density at radius 1 is 1.23 bits per heavy atom. The van der Waals surface area contributed by atoms with E-state index in [-0.39, 0.29) is 18.0 Å². The highest BCUT2D eigenvalue weighted by Crippen LogP contribution is 2.33. The molecule has 22 heavy (non-hydrogen) atoms. The maximum Gasteiger partial charge on any atom is 0.315 e. The van der Waals surface area contributed by atoms with Crippen LogP contribution in [0.25, 0.3) is 0 Å². The van der Waals surface area contributed by atoms with Crippen LogP contribution in [-0.4, -0.2) is 41.6 Å². The molecule has 5 nitrogen and oxygen atoms in total. The largest absolute Gasteiger partial charge is 0.356 e. The van der Waals surface area contributed by atoms with Gasteiger partial charge in [-0.05, 0) is 19.3 Å². The molecule has 2 heterocycles. The Labute approximate surface area is 137 Å². The zero-order valence-corrected chi connectivity index (χ0v) is 14.3. The van der Waals surface area contributed by atoms with Crippen molar-refractivity contribution in [1.82, 2.24) is 16.0 Å². The van der Waals surface area contributed by atoms with Crippen LogP contribution in [0.5, 0.6) is 0 Å². The molecule has 2 aliphatic heterocycles. The standard InChI is InChI=1S/C16H29N3O2S/c1-2-3-4-7-10-17-14(20)9-6-5-8-13-15-12(11-22-13)18-16(21)19-15/h12-13,15H,2-11H2,1H3,(H,17,20)(H2,18,19,21)/t12-,13?,15-/m1/s1. The van der Waals surface area contributed by atoms with Crippen molar-refractivity contribution in [3.8, 4) is 0 Å². The molecule has 0 spiro atoms. The lowest BCUT2D eigenvalue weighted by molar-refractivity contribution is -0.121. The third-order valence-corrected chi connectivity index (χ3v) is 5.94. The lowest BCUT2D eigenvalue weighted by Crippen LogP contribution is -2.36. The molecule has 3 N–H and O–H groups in total. The maximum absolute atomic E-state index is 11.7. The van der Waals surface area contributed by atoms with Crippen molar-refractivity contribution >= 4 is 23.7 Å². The fourth-order valence-electron chi connectivity index (χ4n) is 3.14. The highest BCUT2D eigenvalue weighted by atomic mass is 32.2. The third kappa shape index (κ3) is 5.38. The van der Waals surface area contributed by atoms with Crippen LogP contribution in [0.15, 0.2) is 0 Å². The summed E-state index contributed by atoms with van der Waals surface area (Å²) in [4.78, 5) is 23.0. The molecule has 2 fully saturated rings. The average Bonchev–Trinajstić information content (AvgIpc) is 3.03. The Morgan fingerprint density at radius 2 is 2.09 bits per heavy atom. The van der Waals surface area contributed by atoms with E-state index in [4.69, 9.17) is 0 Å². The molecule has 2 aliphatic rings. The van der Waals surface area contributed by atoms with Gasteiger partial charge < -0.3 is 16.0 Å². The van der Waals surface area contributed by atoms with Gasteiger partial charge in [0.15, 0.2) is 0 Å². The Bertz CT molecular complexity index is 378. The predicted octanol–water partition coefficient (Wildman–Crippen LogP) is 2.41. The summed E-state index contributed by atoms with van der Waals surface area (Å²) in [5.41, 5.74) is 0. The van der Waals surface area contributed by atoms with Crippen molar-refractivity contribution in [1.29, 1.82) is 0 Å².